The summed E-state index contributed by atoms with van der Waals surface area (Å²) in [6, 6.07) is 6.05. The van der Waals surface area contributed by atoms with E-state index in [1.807, 2.05) is 18.2 Å². The molecule has 1 saturated heterocycles. The molecule has 2 aliphatic carbocycles. The number of carbonyl (C=O) groups is 1. The van der Waals surface area contributed by atoms with E-state index in [0.717, 1.165) is 16.7 Å². The Balaban J connectivity index is 1.53. The van der Waals surface area contributed by atoms with Gasteiger partial charge >= 0.3 is 7.12 Å². The first kappa shape index (κ1) is 18.1. The molecule has 1 aliphatic heterocycles. The molecule has 5 heteroatoms. The number of nitrogens with one attached hydrogen (secondary N) is 1. The van der Waals surface area contributed by atoms with Crippen LogP contribution in [0.15, 0.2) is 18.2 Å². The van der Waals surface area contributed by atoms with E-state index in [0.29, 0.717) is 11.8 Å². The SMILES string of the molecule is Cc1ccc(NC(=O)C2C3CCC2CC3)cc1B1OC(C)(C)C(C)(C)O1. The highest BCUT2D eigenvalue weighted by Gasteiger charge is 2.52. The molecular weight excluding hydrogens is 325 g/mol. The fourth-order valence-electron chi connectivity index (χ4n) is 4.84. The third-order valence-corrected chi connectivity index (χ3v) is 7.19. The quantitative estimate of drug-likeness (QED) is 0.842. The molecular formula is C21H30BNO3. The Morgan fingerprint density at radius 3 is 2.12 bits per heavy atom. The molecule has 3 aliphatic rings. The lowest BCUT2D eigenvalue weighted by Crippen LogP contribution is -2.41. The summed E-state index contributed by atoms with van der Waals surface area (Å²) in [5, 5.41) is 3.17. The molecule has 0 radical (unpaired) electrons. The molecule has 1 heterocycles. The fourth-order valence-corrected chi connectivity index (χ4v) is 4.84. The number of carbonyl (C=O) groups excluding carboxylic acids is 1. The average molecular weight is 355 g/mol. The van der Waals surface area contributed by atoms with E-state index in [2.05, 4.69) is 39.9 Å². The van der Waals surface area contributed by atoms with Crippen LogP contribution in [0.5, 0.6) is 0 Å². The van der Waals surface area contributed by atoms with Crippen molar-refractivity contribution in [2.45, 2.75) is 71.5 Å². The molecule has 2 bridgehead atoms. The van der Waals surface area contributed by atoms with Gasteiger partial charge in [0.25, 0.3) is 0 Å². The first-order chi connectivity index (χ1) is 12.2. The van der Waals surface area contributed by atoms with E-state index in [9.17, 15) is 4.79 Å². The number of amides is 1. The van der Waals surface area contributed by atoms with Crippen LogP contribution in [0.4, 0.5) is 5.69 Å². The Morgan fingerprint density at radius 1 is 1.04 bits per heavy atom. The predicted octanol–water partition coefficient (Wildman–Crippen LogP) is 3.67. The second-order valence-electron chi connectivity index (χ2n) is 9.35. The fraction of sp³-hybridized carbons (Fsp3) is 0.667. The van der Waals surface area contributed by atoms with Gasteiger partial charge in [0.1, 0.15) is 0 Å². The number of benzene rings is 1. The van der Waals surface area contributed by atoms with E-state index in [4.69, 9.17) is 9.31 Å². The molecule has 0 atom stereocenters. The number of fused-ring (bicyclic) bond motifs is 2. The van der Waals surface area contributed by atoms with E-state index in [1.165, 1.54) is 25.7 Å². The van der Waals surface area contributed by atoms with Crippen molar-refractivity contribution in [1.82, 2.24) is 0 Å². The van der Waals surface area contributed by atoms with Gasteiger partial charge in [-0.2, -0.15) is 0 Å². The van der Waals surface area contributed by atoms with E-state index in [1.54, 1.807) is 0 Å². The predicted molar refractivity (Wildman–Crippen MR) is 104 cm³/mol. The molecule has 3 fully saturated rings. The van der Waals surface area contributed by atoms with E-state index < -0.39 is 7.12 Å². The number of rotatable bonds is 3. The minimum Gasteiger partial charge on any atom is -0.399 e. The Kier molecular flexibility index (Phi) is 4.24. The van der Waals surface area contributed by atoms with Crippen molar-refractivity contribution in [1.29, 1.82) is 0 Å². The maximum absolute atomic E-state index is 12.8. The second kappa shape index (κ2) is 6.10. The summed E-state index contributed by atoms with van der Waals surface area (Å²) in [4.78, 5) is 12.8. The number of aryl methyl sites for hydroxylation is 1. The van der Waals surface area contributed by atoms with Crippen LogP contribution in [0.1, 0.15) is 58.9 Å². The molecule has 0 aromatic heterocycles. The molecule has 0 unspecified atom stereocenters. The van der Waals surface area contributed by atoms with Crippen LogP contribution in [-0.4, -0.2) is 24.2 Å². The van der Waals surface area contributed by atoms with Gasteiger partial charge in [0.15, 0.2) is 0 Å². The van der Waals surface area contributed by atoms with Crippen molar-refractivity contribution in [3.8, 4) is 0 Å². The van der Waals surface area contributed by atoms with Gasteiger partial charge in [0.05, 0.1) is 11.2 Å². The zero-order chi connectivity index (χ0) is 18.7. The molecule has 1 aromatic rings. The van der Waals surface area contributed by atoms with Gasteiger partial charge in [-0.15, -0.1) is 0 Å². The molecule has 2 saturated carbocycles. The molecule has 1 N–H and O–H groups in total. The third-order valence-electron chi connectivity index (χ3n) is 7.19. The van der Waals surface area contributed by atoms with Crippen LogP contribution in [0, 0.1) is 24.7 Å². The van der Waals surface area contributed by atoms with Crippen LogP contribution in [0.2, 0.25) is 0 Å². The van der Waals surface area contributed by atoms with Crippen molar-refractivity contribution in [2.24, 2.45) is 17.8 Å². The molecule has 1 amide bonds. The van der Waals surface area contributed by atoms with Crippen LogP contribution in [0.25, 0.3) is 0 Å². The Hall–Kier alpha value is -1.33. The summed E-state index contributed by atoms with van der Waals surface area (Å²) >= 11 is 0. The maximum Gasteiger partial charge on any atom is 0.495 e. The molecule has 140 valence electrons. The van der Waals surface area contributed by atoms with Gasteiger partial charge in [-0.3, -0.25) is 4.79 Å². The van der Waals surface area contributed by atoms with Gasteiger partial charge in [0, 0.05) is 11.6 Å². The van der Waals surface area contributed by atoms with E-state index >= 15 is 0 Å². The van der Waals surface area contributed by atoms with Gasteiger partial charge < -0.3 is 14.6 Å². The summed E-state index contributed by atoms with van der Waals surface area (Å²) in [6.07, 6.45) is 4.87. The molecule has 0 spiro atoms. The van der Waals surface area contributed by atoms with Crippen LogP contribution in [0.3, 0.4) is 0 Å². The van der Waals surface area contributed by atoms with Gasteiger partial charge in [-0.05, 0) is 89.7 Å². The van der Waals surface area contributed by atoms with Crippen molar-refractivity contribution in [2.75, 3.05) is 5.32 Å². The molecule has 4 nitrogen and oxygen atoms in total. The Labute approximate surface area is 157 Å². The standard InChI is InChI=1S/C21H30BNO3/c1-13-6-11-16(23-19(24)18-14-7-8-15(18)10-9-14)12-17(13)22-25-20(2,3)21(4,5)26-22/h6,11-12,14-15,18H,7-10H2,1-5H3,(H,23,24). The summed E-state index contributed by atoms with van der Waals surface area (Å²) in [5.74, 6) is 1.58. The van der Waals surface area contributed by atoms with Crippen molar-refractivity contribution in [3.05, 3.63) is 23.8 Å². The summed E-state index contributed by atoms with van der Waals surface area (Å²) in [6.45, 7) is 10.3. The maximum atomic E-state index is 12.8. The van der Waals surface area contributed by atoms with Crippen molar-refractivity contribution in [3.63, 3.8) is 0 Å². The summed E-state index contributed by atoms with van der Waals surface area (Å²) in [5.41, 5.74) is 2.22. The van der Waals surface area contributed by atoms with Crippen molar-refractivity contribution >= 4 is 24.2 Å². The van der Waals surface area contributed by atoms with Gasteiger partial charge in [-0.25, -0.2) is 0 Å². The van der Waals surface area contributed by atoms with Crippen molar-refractivity contribution < 1.29 is 14.1 Å². The average Bonchev–Trinajstić information content (AvgIpc) is 3.21. The lowest BCUT2D eigenvalue weighted by molar-refractivity contribution is -0.121. The Morgan fingerprint density at radius 2 is 1.58 bits per heavy atom. The zero-order valence-electron chi connectivity index (χ0n) is 16.6. The second-order valence-corrected chi connectivity index (χ2v) is 9.35. The minimum absolute atomic E-state index is 0.193. The number of anilines is 1. The summed E-state index contributed by atoms with van der Waals surface area (Å²) < 4.78 is 12.4. The normalized spacial score (nSPS) is 31.4. The lowest BCUT2D eigenvalue weighted by atomic mass is 9.76. The highest BCUT2D eigenvalue weighted by atomic mass is 16.7. The Bertz CT molecular complexity index is 694. The third kappa shape index (κ3) is 2.89. The first-order valence-electron chi connectivity index (χ1n) is 9.95. The lowest BCUT2D eigenvalue weighted by Gasteiger charge is -2.32. The largest absolute Gasteiger partial charge is 0.495 e. The number of hydrogen-bond donors (Lipinski definition) is 1. The van der Waals surface area contributed by atoms with Crippen LogP contribution in [-0.2, 0) is 14.1 Å². The summed E-state index contributed by atoms with van der Waals surface area (Å²) in [7, 11) is -0.403. The minimum atomic E-state index is -0.403. The highest BCUT2D eigenvalue weighted by Crippen LogP contribution is 2.49. The smallest absolute Gasteiger partial charge is 0.399 e. The first-order valence-corrected chi connectivity index (χ1v) is 9.95. The van der Waals surface area contributed by atoms with E-state index in [-0.39, 0.29) is 23.0 Å². The van der Waals surface area contributed by atoms with Crippen LogP contribution >= 0.6 is 0 Å². The molecule has 26 heavy (non-hydrogen) atoms. The number of hydrogen-bond acceptors (Lipinski definition) is 3. The zero-order valence-corrected chi connectivity index (χ0v) is 16.6. The monoisotopic (exact) mass is 355 g/mol. The topological polar surface area (TPSA) is 47.6 Å². The van der Waals surface area contributed by atoms with Crippen LogP contribution < -0.4 is 10.8 Å². The highest BCUT2D eigenvalue weighted by molar-refractivity contribution is 6.62. The van der Waals surface area contributed by atoms with Gasteiger partial charge in [0.2, 0.25) is 5.91 Å². The molecule has 4 rings (SSSR count). The molecule has 1 aromatic carbocycles. The van der Waals surface area contributed by atoms with Gasteiger partial charge in [-0.1, -0.05) is 11.6 Å².